The summed E-state index contributed by atoms with van der Waals surface area (Å²) in [6, 6.07) is 14.2. The number of rotatable bonds is 12. The highest BCUT2D eigenvalue weighted by atomic mass is 16.5. The summed E-state index contributed by atoms with van der Waals surface area (Å²) in [5.74, 6) is -0.841. The van der Waals surface area contributed by atoms with E-state index in [1.54, 1.807) is 37.3 Å². The molecule has 0 aliphatic carbocycles. The molecule has 29 heavy (non-hydrogen) atoms. The first-order valence-electron chi connectivity index (χ1n) is 9.96. The molecule has 0 unspecified atom stereocenters. The molecule has 6 nitrogen and oxygen atoms in total. The van der Waals surface area contributed by atoms with E-state index < -0.39 is 5.97 Å². The molecule has 0 spiro atoms. The van der Waals surface area contributed by atoms with Crippen molar-refractivity contribution in [3.63, 3.8) is 0 Å². The Morgan fingerprint density at radius 3 is 2.55 bits per heavy atom. The van der Waals surface area contributed by atoms with Gasteiger partial charge in [-0.05, 0) is 62.1 Å². The number of hydrogen-bond acceptors (Lipinski definition) is 5. The molecule has 0 aliphatic heterocycles. The van der Waals surface area contributed by atoms with Crippen LogP contribution in [0.4, 0.5) is 0 Å². The topological polar surface area (TPSA) is 87.1 Å². The van der Waals surface area contributed by atoms with Crippen molar-refractivity contribution >= 4 is 11.9 Å². The van der Waals surface area contributed by atoms with Gasteiger partial charge >= 0.3 is 11.9 Å². The van der Waals surface area contributed by atoms with Crippen LogP contribution in [0.1, 0.15) is 47.7 Å². The fourth-order valence-corrected chi connectivity index (χ4v) is 3.17. The van der Waals surface area contributed by atoms with Gasteiger partial charge in [-0.25, -0.2) is 4.79 Å². The van der Waals surface area contributed by atoms with Gasteiger partial charge in [-0.3, -0.25) is 9.69 Å². The van der Waals surface area contributed by atoms with Crippen molar-refractivity contribution in [2.24, 2.45) is 0 Å². The number of ether oxygens (including phenoxy) is 1. The maximum Gasteiger partial charge on any atom is 0.335 e. The van der Waals surface area contributed by atoms with Crippen molar-refractivity contribution < 1.29 is 24.5 Å². The van der Waals surface area contributed by atoms with Gasteiger partial charge in [0.2, 0.25) is 0 Å². The maximum atomic E-state index is 11.5. The molecule has 0 radical (unpaired) electrons. The Balaban J connectivity index is 1.98. The van der Waals surface area contributed by atoms with Gasteiger partial charge in [-0.2, -0.15) is 0 Å². The smallest absolute Gasteiger partial charge is 0.335 e. The average molecular weight is 399 g/mol. The minimum atomic E-state index is -0.943. The second kappa shape index (κ2) is 11.9. The molecule has 0 atom stereocenters. The SMILES string of the molecule is CCOC(=O)CCCCN(CCc1ccccc1O)Cc1cccc(C(=O)O)c1. The van der Waals surface area contributed by atoms with Crippen LogP contribution in [0.15, 0.2) is 48.5 Å². The van der Waals surface area contributed by atoms with Gasteiger partial charge < -0.3 is 14.9 Å². The lowest BCUT2D eigenvalue weighted by Crippen LogP contribution is -2.27. The number of unbranched alkanes of at least 4 members (excludes halogenated alkanes) is 1. The third-order valence-electron chi connectivity index (χ3n) is 4.68. The first-order chi connectivity index (χ1) is 14.0. The number of carbonyl (C=O) groups is 2. The molecule has 0 saturated heterocycles. The van der Waals surface area contributed by atoms with E-state index in [2.05, 4.69) is 4.90 Å². The van der Waals surface area contributed by atoms with Gasteiger partial charge in [0.05, 0.1) is 12.2 Å². The van der Waals surface area contributed by atoms with E-state index in [0.29, 0.717) is 32.5 Å². The molecule has 0 fully saturated rings. The van der Waals surface area contributed by atoms with Crippen LogP contribution in [0.2, 0.25) is 0 Å². The van der Waals surface area contributed by atoms with Crippen molar-refractivity contribution in [3.05, 3.63) is 65.2 Å². The highest BCUT2D eigenvalue weighted by molar-refractivity contribution is 5.87. The van der Waals surface area contributed by atoms with Crippen LogP contribution in [0.25, 0.3) is 0 Å². The fraction of sp³-hybridized carbons (Fsp3) is 0.391. The molecule has 2 aromatic carbocycles. The molecule has 0 amide bonds. The molecular weight excluding hydrogens is 370 g/mol. The number of hydrogen-bond donors (Lipinski definition) is 2. The zero-order valence-electron chi connectivity index (χ0n) is 16.8. The van der Waals surface area contributed by atoms with E-state index in [0.717, 1.165) is 30.5 Å². The molecule has 2 aromatic rings. The van der Waals surface area contributed by atoms with Crippen LogP contribution in [0, 0.1) is 0 Å². The number of benzene rings is 2. The Hall–Kier alpha value is -2.86. The lowest BCUT2D eigenvalue weighted by Gasteiger charge is -2.23. The summed E-state index contributed by atoms with van der Waals surface area (Å²) in [7, 11) is 0. The number of aromatic carboxylic acids is 1. The third-order valence-corrected chi connectivity index (χ3v) is 4.68. The van der Waals surface area contributed by atoms with E-state index in [1.165, 1.54) is 0 Å². The van der Waals surface area contributed by atoms with Crippen LogP contribution in [0.3, 0.4) is 0 Å². The predicted octanol–water partition coefficient (Wildman–Crippen LogP) is 3.87. The number of phenols is 1. The molecule has 0 saturated carbocycles. The molecule has 2 rings (SSSR count). The summed E-state index contributed by atoms with van der Waals surface area (Å²) in [6.45, 7) is 4.28. The largest absolute Gasteiger partial charge is 0.508 e. The predicted molar refractivity (Wildman–Crippen MR) is 111 cm³/mol. The Morgan fingerprint density at radius 2 is 1.83 bits per heavy atom. The first kappa shape index (κ1) is 22.4. The minimum absolute atomic E-state index is 0.178. The van der Waals surface area contributed by atoms with E-state index in [-0.39, 0.29) is 17.3 Å². The number of phenolic OH excluding ortho intramolecular Hbond substituents is 1. The first-order valence-corrected chi connectivity index (χ1v) is 9.96. The monoisotopic (exact) mass is 399 g/mol. The summed E-state index contributed by atoms with van der Waals surface area (Å²) >= 11 is 0. The normalized spacial score (nSPS) is 10.8. The molecule has 0 aromatic heterocycles. The van der Waals surface area contributed by atoms with Crippen LogP contribution in [-0.2, 0) is 22.5 Å². The lowest BCUT2D eigenvalue weighted by atomic mass is 10.1. The molecule has 0 bridgehead atoms. The van der Waals surface area contributed by atoms with Crippen LogP contribution >= 0.6 is 0 Å². The van der Waals surface area contributed by atoms with Gasteiger partial charge in [-0.1, -0.05) is 30.3 Å². The standard InChI is InChI=1S/C23H29NO5/c1-2-29-22(26)12-5-6-14-24(15-13-19-9-3-4-11-21(19)25)17-18-8-7-10-20(16-18)23(27)28/h3-4,7-11,16,25H,2,5-6,12-15,17H2,1H3,(H,27,28). The number of carboxylic acid groups (broad SMARTS) is 1. The van der Waals surface area contributed by atoms with Crippen molar-refractivity contribution in [1.82, 2.24) is 4.90 Å². The average Bonchev–Trinajstić information content (AvgIpc) is 2.70. The Kier molecular flexibility index (Phi) is 9.18. The Labute approximate surface area is 171 Å². The van der Waals surface area contributed by atoms with Gasteiger partial charge in [0, 0.05) is 19.5 Å². The van der Waals surface area contributed by atoms with Crippen molar-refractivity contribution in [1.29, 1.82) is 0 Å². The summed E-state index contributed by atoms with van der Waals surface area (Å²) < 4.78 is 4.96. The highest BCUT2D eigenvalue weighted by Crippen LogP contribution is 2.17. The molecular formula is C23H29NO5. The van der Waals surface area contributed by atoms with Crippen molar-refractivity contribution in [2.45, 2.75) is 39.2 Å². The third kappa shape index (κ3) is 7.95. The highest BCUT2D eigenvalue weighted by Gasteiger charge is 2.11. The molecule has 0 aliphatic rings. The van der Waals surface area contributed by atoms with Gasteiger partial charge in [0.25, 0.3) is 0 Å². The van der Waals surface area contributed by atoms with Crippen LogP contribution in [0.5, 0.6) is 5.75 Å². The quantitative estimate of drug-likeness (QED) is 0.416. The number of carbonyl (C=O) groups excluding carboxylic acids is 1. The molecule has 6 heteroatoms. The zero-order chi connectivity index (χ0) is 21.1. The Morgan fingerprint density at radius 1 is 1.03 bits per heavy atom. The summed E-state index contributed by atoms with van der Waals surface area (Å²) in [4.78, 5) is 25.0. The van der Waals surface area contributed by atoms with Crippen molar-refractivity contribution in [3.8, 4) is 5.75 Å². The second-order valence-corrected chi connectivity index (χ2v) is 6.92. The number of para-hydroxylation sites is 1. The number of aromatic hydroxyl groups is 1. The number of carboxylic acids is 1. The Bertz CT molecular complexity index is 805. The lowest BCUT2D eigenvalue weighted by molar-refractivity contribution is -0.143. The second-order valence-electron chi connectivity index (χ2n) is 6.92. The number of nitrogens with zero attached hydrogens (tertiary/aromatic N) is 1. The van der Waals surface area contributed by atoms with Gasteiger partial charge in [0.1, 0.15) is 5.75 Å². The van der Waals surface area contributed by atoms with E-state index >= 15 is 0 Å². The summed E-state index contributed by atoms with van der Waals surface area (Å²) in [5.41, 5.74) is 2.07. The summed E-state index contributed by atoms with van der Waals surface area (Å²) in [5, 5.41) is 19.2. The van der Waals surface area contributed by atoms with E-state index in [1.807, 2.05) is 18.2 Å². The van der Waals surface area contributed by atoms with Crippen LogP contribution in [-0.4, -0.2) is 46.7 Å². The number of esters is 1. The van der Waals surface area contributed by atoms with E-state index in [9.17, 15) is 19.8 Å². The maximum absolute atomic E-state index is 11.5. The van der Waals surface area contributed by atoms with Gasteiger partial charge in [0.15, 0.2) is 0 Å². The van der Waals surface area contributed by atoms with Gasteiger partial charge in [-0.15, -0.1) is 0 Å². The van der Waals surface area contributed by atoms with Crippen molar-refractivity contribution in [2.75, 3.05) is 19.7 Å². The molecule has 156 valence electrons. The van der Waals surface area contributed by atoms with E-state index in [4.69, 9.17) is 4.74 Å². The molecule has 2 N–H and O–H groups in total. The fourth-order valence-electron chi connectivity index (χ4n) is 3.17. The zero-order valence-corrected chi connectivity index (χ0v) is 16.8. The minimum Gasteiger partial charge on any atom is -0.508 e. The molecule has 0 heterocycles. The van der Waals surface area contributed by atoms with Crippen LogP contribution < -0.4 is 0 Å². The summed E-state index contributed by atoms with van der Waals surface area (Å²) in [6.07, 6.45) is 2.65.